The molecule has 0 bridgehead atoms. The van der Waals surface area contributed by atoms with E-state index in [4.69, 9.17) is 0 Å². The minimum atomic E-state index is -1.47. The second-order valence-corrected chi connectivity index (χ2v) is 12.2. The lowest BCUT2D eigenvalue weighted by Crippen LogP contribution is -2.28. The third-order valence-corrected chi connectivity index (χ3v) is 6.47. The molecule has 0 N–H and O–H groups in total. The fourth-order valence-corrected chi connectivity index (χ4v) is 4.11. The monoisotopic (exact) mass is 427 g/mol. The molecule has 0 unspecified atom stereocenters. The highest BCUT2D eigenvalue weighted by atomic mass is 16.3. The zero-order chi connectivity index (χ0) is 23.9. The van der Waals surface area contributed by atoms with Crippen molar-refractivity contribution in [2.24, 2.45) is 0 Å². The van der Waals surface area contributed by atoms with Crippen molar-refractivity contribution >= 4 is 0 Å². The van der Waals surface area contributed by atoms with Crippen molar-refractivity contribution in [3.05, 3.63) is 106 Å². The van der Waals surface area contributed by atoms with Crippen molar-refractivity contribution in [3.8, 4) is 0 Å². The number of hydrogen-bond donors (Lipinski definition) is 0. The van der Waals surface area contributed by atoms with Crippen molar-refractivity contribution in [2.75, 3.05) is 0 Å². The first-order valence-corrected chi connectivity index (χ1v) is 11.7. The second-order valence-electron chi connectivity index (χ2n) is 12.2. The normalized spacial score (nSPS) is 13.3. The highest BCUT2D eigenvalue weighted by Gasteiger charge is 2.37. The van der Waals surface area contributed by atoms with E-state index in [2.05, 4.69) is 98.7 Å². The maximum absolute atomic E-state index is 14.8. The van der Waals surface area contributed by atoms with E-state index >= 15 is 0 Å². The molecule has 1 radical (unpaired) electrons. The molecule has 32 heavy (non-hydrogen) atoms. The summed E-state index contributed by atoms with van der Waals surface area (Å²) in [5.41, 5.74) is 4.70. The van der Waals surface area contributed by atoms with E-state index in [0.717, 1.165) is 16.7 Å². The van der Waals surface area contributed by atoms with Crippen LogP contribution in [0.3, 0.4) is 0 Å². The quantitative estimate of drug-likeness (QED) is 0.375. The Morgan fingerprint density at radius 2 is 0.500 bits per heavy atom. The third kappa shape index (κ3) is 4.84. The summed E-state index contributed by atoms with van der Waals surface area (Å²) >= 11 is 0. The molecule has 0 saturated heterocycles. The van der Waals surface area contributed by atoms with Crippen molar-refractivity contribution in [1.82, 2.24) is 0 Å². The van der Waals surface area contributed by atoms with Gasteiger partial charge in [-0.25, -0.2) is 5.11 Å². The van der Waals surface area contributed by atoms with Crippen LogP contribution in [-0.2, 0) is 27.0 Å². The Balaban J connectivity index is 2.17. The molecule has 3 rings (SSSR count). The molecule has 0 aromatic heterocycles. The number of rotatable bonds is 3. The summed E-state index contributed by atoms with van der Waals surface area (Å²) in [7, 11) is 0. The average molecular weight is 428 g/mol. The number of benzene rings is 3. The molecule has 0 heterocycles. The van der Waals surface area contributed by atoms with Crippen molar-refractivity contribution in [1.29, 1.82) is 0 Å². The van der Waals surface area contributed by atoms with Crippen LogP contribution in [0.2, 0.25) is 0 Å². The van der Waals surface area contributed by atoms with Gasteiger partial charge in [0, 0.05) is 0 Å². The van der Waals surface area contributed by atoms with Crippen molar-refractivity contribution < 1.29 is 5.11 Å². The Morgan fingerprint density at radius 3 is 0.656 bits per heavy atom. The summed E-state index contributed by atoms with van der Waals surface area (Å²) in [5.74, 6) is 0. The van der Waals surface area contributed by atoms with Gasteiger partial charge < -0.3 is 0 Å². The summed E-state index contributed by atoms with van der Waals surface area (Å²) in [6.07, 6.45) is 0. The van der Waals surface area contributed by atoms with Crippen molar-refractivity contribution in [2.45, 2.75) is 84.2 Å². The largest absolute Gasteiger partial charge is 0.214 e. The predicted molar refractivity (Wildman–Crippen MR) is 136 cm³/mol. The summed E-state index contributed by atoms with van der Waals surface area (Å²) in [6.45, 7) is 19.8. The maximum atomic E-state index is 14.8. The summed E-state index contributed by atoms with van der Waals surface area (Å²) in [4.78, 5) is 0. The molecular formula is C31H39O. The summed E-state index contributed by atoms with van der Waals surface area (Å²) in [6, 6.07) is 24.7. The number of hydrogen-bond acceptors (Lipinski definition) is 0. The zero-order valence-electron chi connectivity index (χ0n) is 21.3. The van der Waals surface area contributed by atoms with Crippen LogP contribution in [0.15, 0.2) is 72.8 Å². The third-order valence-electron chi connectivity index (χ3n) is 6.47. The maximum Gasteiger partial charge on any atom is 0.179 e. The van der Waals surface area contributed by atoms with Gasteiger partial charge in [-0.2, -0.15) is 0 Å². The standard InChI is InChI=1S/C31H39O/c1-28(2,3)22-10-16-25(17-11-22)31(32,26-18-12-23(13-19-26)29(4,5)6)27-20-14-24(15-21-27)30(7,8)9/h10-21H,1-9H3. The molecule has 169 valence electrons. The van der Waals surface area contributed by atoms with Gasteiger partial charge in [0.15, 0.2) is 5.60 Å². The van der Waals surface area contributed by atoms with Crippen LogP contribution in [0, 0.1) is 0 Å². The van der Waals surface area contributed by atoms with Gasteiger partial charge >= 0.3 is 0 Å². The SMILES string of the molecule is CC(C)(C)c1ccc(C([O])(c2ccc(C(C)(C)C)cc2)c2ccc(C(C)(C)C)cc2)cc1. The molecule has 0 saturated carbocycles. The molecule has 0 aliphatic rings. The lowest BCUT2D eigenvalue weighted by Gasteiger charge is -2.30. The highest BCUT2D eigenvalue weighted by molar-refractivity contribution is 5.49. The van der Waals surface area contributed by atoms with Crippen LogP contribution >= 0.6 is 0 Å². The highest BCUT2D eigenvalue weighted by Crippen LogP contribution is 2.40. The molecular weight excluding hydrogens is 388 g/mol. The molecule has 0 spiro atoms. The molecule has 0 fully saturated rings. The van der Waals surface area contributed by atoms with E-state index in [9.17, 15) is 5.11 Å². The van der Waals surface area contributed by atoms with E-state index in [0.29, 0.717) is 0 Å². The van der Waals surface area contributed by atoms with Crippen LogP contribution < -0.4 is 0 Å². The fourth-order valence-electron chi connectivity index (χ4n) is 4.11. The van der Waals surface area contributed by atoms with Crippen LogP contribution in [-0.4, -0.2) is 0 Å². The second kappa shape index (κ2) is 8.19. The summed E-state index contributed by atoms with van der Waals surface area (Å²) < 4.78 is 0. The van der Waals surface area contributed by atoms with Gasteiger partial charge in [0.1, 0.15) is 0 Å². The van der Waals surface area contributed by atoms with Crippen LogP contribution in [0.25, 0.3) is 0 Å². The van der Waals surface area contributed by atoms with Gasteiger partial charge in [-0.3, -0.25) is 0 Å². The van der Waals surface area contributed by atoms with Gasteiger partial charge in [-0.1, -0.05) is 135 Å². The van der Waals surface area contributed by atoms with E-state index in [1.165, 1.54) is 16.7 Å². The van der Waals surface area contributed by atoms with Gasteiger partial charge in [0.05, 0.1) is 0 Å². The Hall–Kier alpha value is -2.38. The first kappa shape index (κ1) is 24.3. The molecule has 0 amide bonds. The minimum absolute atomic E-state index is 0.0484. The summed E-state index contributed by atoms with van der Waals surface area (Å²) in [5, 5.41) is 14.8. The Morgan fingerprint density at radius 1 is 0.344 bits per heavy atom. The lowest BCUT2D eigenvalue weighted by molar-refractivity contribution is 0.0410. The Kier molecular flexibility index (Phi) is 6.21. The van der Waals surface area contributed by atoms with E-state index in [1.54, 1.807) is 0 Å². The Labute approximate surface area is 195 Å². The molecule has 3 aromatic carbocycles. The molecule has 0 aliphatic carbocycles. The molecule has 0 atom stereocenters. The molecule has 1 heteroatoms. The van der Waals surface area contributed by atoms with E-state index < -0.39 is 5.60 Å². The fraction of sp³-hybridized carbons (Fsp3) is 0.419. The molecule has 0 aliphatic heterocycles. The van der Waals surface area contributed by atoms with Crippen LogP contribution in [0.1, 0.15) is 95.7 Å². The Bertz CT molecular complexity index is 893. The van der Waals surface area contributed by atoms with Crippen LogP contribution in [0.4, 0.5) is 0 Å². The van der Waals surface area contributed by atoms with Crippen LogP contribution in [0.5, 0.6) is 0 Å². The van der Waals surface area contributed by atoms with Gasteiger partial charge in [0.25, 0.3) is 0 Å². The van der Waals surface area contributed by atoms with E-state index in [1.807, 2.05) is 36.4 Å². The molecule has 1 nitrogen and oxygen atoms in total. The molecule has 3 aromatic rings. The zero-order valence-corrected chi connectivity index (χ0v) is 21.3. The van der Waals surface area contributed by atoms with Gasteiger partial charge in [0.2, 0.25) is 0 Å². The van der Waals surface area contributed by atoms with Gasteiger partial charge in [-0.15, -0.1) is 0 Å². The topological polar surface area (TPSA) is 19.9 Å². The average Bonchev–Trinajstić information content (AvgIpc) is 2.71. The first-order valence-electron chi connectivity index (χ1n) is 11.7. The van der Waals surface area contributed by atoms with Crippen molar-refractivity contribution in [3.63, 3.8) is 0 Å². The lowest BCUT2D eigenvalue weighted by atomic mass is 9.76. The predicted octanol–water partition coefficient (Wildman–Crippen LogP) is 8.30. The van der Waals surface area contributed by atoms with E-state index in [-0.39, 0.29) is 16.2 Å². The smallest absolute Gasteiger partial charge is 0.179 e. The minimum Gasteiger partial charge on any atom is -0.214 e. The first-order chi connectivity index (χ1) is 14.6. The van der Waals surface area contributed by atoms with Gasteiger partial charge in [-0.05, 0) is 49.6 Å².